The highest BCUT2D eigenvalue weighted by Crippen LogP contribution is 2.25. The summed E-state index contributed by atoms with van der Waals surface area (Å²) in [6.45, 7) is 1.81. The Balaban J connectivity index is 2.53. The van der Waals surface area contributed by atoms with Crippen LogP contribution in [0.4, 0.5) is 4.39 Å². The SMILES string of the molecule is CC[C@H]1OC(OC)[C@H](O)[C@@H]1F. The van der Waals surface area contributed by atoms with Crippen LogP contribution in [0.3, 0.4) is 0 Å². The first-order valence-corrected chi connectivity index (χ1v) is 3.71. The van der Waals surface area contributed by atoms with E-state index in [1.54, 1.807) is 0 Å². The lowest BCUT2D eigenvalue weighted by molar-refractivity contribution is -0.148. The van der Waals surface area contributed by atoms with Crippen molar-refractivity contribution < 1.29 is 19.0 Å². The Labute approximate surface area is 65.1 Å². The van der Waals surface area contributed by atoms with E-state index in [4.69, 9.17) is 14.6 Å². The van der Waals surface area contributed by atoms with Crippen molar-refractivity contribution in [1.29, 1.82) is 0 Å². The van der Waals surface area contributed by atoms with E-state index in [2.05, 4.69) is 0 Å². The van der Waals surface area contributed by atoms with Crippen LogP contribution in [0.15, 0.2) is 0 Å². The summed E-state index contributed by atoms with van der Waals surface area (Å²) in [5.41, 5.74) is 0. The van der Waals surface area contributed by atoms with Gasteiger partial charge in [-0.1, -0.05) is 6.92 Å². The van der Waals surface area contributed by atoms with Crippen molar-refractivity contribution in [2.75, 3.05) is 7.11 Å². The molecule has 3 nitrogen and oxygen atoms in total. The predicted octanol–water partition coefficient (Wildman–Crippen LogP) is 0.467. The van der Waals surface area contributed by atoms with Crippen LogP contribution in [0.25, 0.3) is 0 Å². The van der Waals surface area contributed by atoms with Crippen molar-refractivity contribution in [3.8, 4) is 0 Å². The van der Waals surface area contributed by atoms with E-state index in [1.165, 1.54) is 7.11 Å². The molecule has 0 bridgehead atoms. The second-order valence-corrected chi connectivity index (χ2v) is 2.62. The molecule has 4 atom stereocenters. The van der Waals surface area contributed by atoms with Crippen LogP contribution in [0.2, 0.25) is 0 Å². The van der Waals surface area contributed by atoms with Crippen LogP contribution < -0.4 is 0 Å². The third kappa shape index (κ3) is 1.52. The molecule has 66 valence electrons. The Morgan fingerprint density at radius 3 is 2.55 bits per heavy atom. The van der Waals surface area contributed by atoms with Gasteiger partial charge in [0.2, 0.25) is 0 Å². The van der Waals surface area contributed by atoms with Gasteiger partial charge in [-0.05, 0) is 6.42 Å². The number of aliphatic hydroxyl groups excluding tert-OH is 1. The molecule has 1 heterocycles. The molecule has 1 unspecified atom stereocenters. The van der Waals surface area contributed by atoms with E-state index in [9.17, 15) is 4.39 Å². The van der Waals surface area contributed by atoms with Gasteiger partial charge in [0.1, 0.15) is 6.10 Å². The largest absolute Gasteiger partial charge is 0.385 e. The van der Waals surface area contributed by atoms with Gasteiger partial charge in [-0.15, -0.1) is 0 Å². The minimum atomic E-state index is -1.31. The quantitative estimate of drug-likeness (QED) is 0.644. The molecule has 0 saturated carbocycles. The van der Waals surface area contributed by atoms with Crippen LogP contribution in [-0.4, -0.2) is 36.9 Å². The first kappa shape index (κ1) is 8.90. The van der Waals surface area contributed by atoms with Crippen molar-refractivity contribution in [1.82, 2.24) is 0 Å². The Hall–Kier alpha value is -0.190. The number of halogens is 1. The zero-order valence-corrected chi connectivity index (χ0v) is 6.66. The van der Waals surface area contributed by atoms with E-state index in [0.29, 0.717) is 6.42 Å². The first-order chi connectivity index (χ1) is 5.20. The molecule has 4 heteroatoms. The Kier molecular flexibility index (Phi) is 2.81. The second-order valence-electron chi connectivity index (χ2n) is 2.62. The monoisotopic (exact) mass is 164 g/mol. The van der Waals surface area contributed by atoms with E-state index in [0.717, 1.165) is 0 Å². The molecule has 0 aromatic carbocycles. The molecule has 1 rings (SSSR count). The second kappa shape index (κ2) is 3.47. The lowest BCUT2D eigenvalue weighted by Gasteiger charge is -2.10. The van der Waals surface area contributed by atoms with E-state index < -0.39 is 24.7 Å². The van der Waals surface area contributed by atoms with Gasteiger partial charge in [-0.2, -0.15) is 0 Å². The van der Waals surface area contributed by atoms with Crippen LogP contribution in [0, 0.1) is 0 Å². The molecule has 0 radical (unpaired) electrons. The maximum absolute atomic E-state index is 13.0. The van der Waals surface area contributed by atoms with Crippen molar-refractivity contribution in [3.05, 3.63) is 0 Å². The summed E-state index contributed by atoms with van der Waals surface area (Å²) in [5.74, 6) is 0. The summed E-state index contributed by atoms with van der Waals surface area (Å²) in [5, 5.41) is 9.13. The highest BCUT2D eigenvalue weighted by molar-refractivity contribution is 4.85. The Morgan fingerprint density at radius 1 is 1.64 bits per heavy atom. The number of methoxy groups -OCH3 is 1. The molecular weight excluding hydrogens is 151 g/mol. The van der Waals surface area contributed by atoms with Gasteiger partial charge >= 0.3 is 0 Å². The number of hydrogen-bond donors (Lipinski definition) is 1. The molecule has 1 saturated heterocycles. The number of alkyl halides is 1. The fourth-order valence-corrected chi connectivity index (χ4v) is 1.21. The van der Waals surface area contributed by atoms with Gasteiger partial charge in [0.05, 0.1) is 6.10 Å². The summed E-state index contributed by atoms with van der Waals surface area (Å²) in [6.07, 6.45) is -3.21. The number of aliphatic hydroxyl groups is 1. The minimum absolute atomic E-state index is 0.519. The lowest BCUT2D eigenvalue weighted by Crippen LogP contribution is -2.29. The standard InChI is InChI=1S/C7H13FO3/c1-3-4-5(8)6(9)7(10-2)11-4/h4-7,9H,3H2,1-2H3/t4-,5-,6-,7?/m1/s1. The molecule has 1 aliphatic heterocycles. The number of hydrogen-bond acceptors (Lipinski definition) is 3. The molecule has 0 amide bonds. The smallest absolute Gasteiger partial charge is 0.186 e. The van der Waals surface area contributed by atoms with E-state index >= 15 is 0 Å². The normalized spacial score (nSPS) is 44.7. The third-order valence-corrected chi connectivity index (χ3v) is 1.90. The summed E-state index contributed by atoms with van der Waals surface area (Å²) < 4.78 is 22.7. The van der Waals surface area contributed by atoms with E-state index in [-0.39, 0.29) is 0 Å². The highest BCUT2D eigenvalue weighted by Gasteiger charge is 2.43. The maximum Gasteiger partial charge on any atom is 0.186 e. The zero-order chi connectivity index (χ0) is 8.43. The van der Waals surface area contributed by atoms with Gasteiger partial charge in [0.15, 0.2) is 12.5 Å². The average molecular weight is 164 g/mol. The summed E-state index contributed by atoms with van der Waals surface area (Å²) in [4.78, 5) is 0. The first-order valence-electron chi connectivity index (χ1n) is 3.71. The average Bonchev–Trinajstić information content (AvgIpc) is 2.30. The highest BCUT2D eigenvalue weighted by atomic mass is 19.1. The van der Waals surface area contributed by atoms with E-state index in [1.807, 2.05) is 6.92 Å². The number of ether oxygens (including phenoxy) is 2. The Bertz CT molecular complexity index is 113. The Morgan fingerprint density at radius 2 is 2.27 bits per heavy atom. The molecule has 0 aromatic heterocycles. The predicted molar refractivity (Wildman–Crippen MR) is 36.9 cm³/mol. The van der Waals surface area contributed by atoms with Gasteiger partial charge < -0.3 is 14.6 Å². The minimum Gasteiger partial charge on any atom is -0.385 e. The summed E-state index contributed by atoms with van der Waals surface area (Å²) in [7, 11) is 1.39. The molecule has 0 aliphatic carbocycles. The van der Waals surface area contributed by atoms with Gasteiger partial charge in [-0.3, -0.25) is 0 Å². The van der Waals surface area contributed by atoms with Gasteiger partial charge in [-0.25, -0.2) is 4.39 Å². The molecule has 1 aliphatic rings. The van der Waals surface area contributed by atoms with Crippen LogP contribution >= 0.6 is 0 Å². The molecular formula is C7H13FO3. The van der Waals surface area contributed by atoms with Gasteiger partial charge in [0, 0.05) is 7.11 Å². The van der Waals surface area contributed by atoms with Crippen LogP contribution in [0.1, 0.15) is 13.3 Å². The summed E-state index contributed by atoms with van der Waals surface area (Å²) in [6, 6.07) is 0. The van der Waals surface area contributed by atoms with Crippen molar-refractivity contribution in [2.45, 2.75) is 38.0 Å². The van der Waals surface area contributed by atoms with Crippen molar-refractivity contribution >= 4 is 0 Å². The van der Waals surface area contributed by atoms with Crippen molar-refractivity contribution in [3.63, 3.8) is 0 Å². The zero-order valence-electron chi connectivity index (χ0n) is 6.66. The molecule has 11 heavy (non-hydrogen) atoms. The van der Waals surface area contributed by atoms with Gasteiger partial charge in [0.25, 0.3) is 0 Å². The summed E-state index contributed by atoms with van der Waals surface area (Å²) >= 11 is 0. The van der Waals surface area contributed by atoms with Crippen LogP contribution in [0.5, 0.6) is 0 Å². The molecule has 1 fully saturated rings. The topological polar surface area (TPSA) is 38.7 Å². The third-order valence-electron chi connectivity index (χ3n) is 1.90. The van der Waals surface area contributed by atoms with Crippen molar-refractivity contribution in [2.24, 2.45) is 0 Å². The maximum atomic E-state index is 13.0. The van der Waals surface area contributed by atoms with Crippen LogP contribution in [-0.2, 0) is 9.47 Å². The fourth-order valence-electron chi connectivity index (χ4n) is 1.21. The molecule has 0 spiro atoms. The molecule has 1 N–H and O–H groups in total. The lowest BCUT2D eigenvalue weighted by atomic mass is 10.1. The molecule has 0 aromatic rings. The number of rotatable bonds is 2. The fraction of sp³-hybridized carbons (Fsp3) is 1.00.